The topological polar surface area (TPSA) is 90.1 Å². The van der Waals surface area contributed by atoms with E-state index in [2.05, 4.69) is 15.5 Å². The molecule has 1 aliphatic rings. The second-order valence-electron chi connectivity index (χ2n) is 3.90. The van der Waals surface area contributed by atoms with Crippen LogP contribution < -0.4 is 11.1 Å². The van der Waals surface area contributed by atoms with Crippen molar-refractivity contribution < 1.29 is 9.53 Å². The smallest absolute Gasteiger partial charge is 0.255 e. The Morgan fingerprint density at radius 2 is 2.41 bits per heavy atom. The predicted molar refractivity (Wildman–Crippen MR) is 64.9 cm³/mol. The van der Waals surface area contributed by atoms with E-state index >= 15 is 0 Å². The molecule has 2 unspecified atom stereocenters. The summed E-state index contributed by atoms with van der Waals surface area (Å²) in [5, 5.41) is 12.0. The van der Waals surface area contributed by atoms with Gasteiger partial charge in [-0.15, -0.1) is 10.2 Å². The number of hydrogen-bond acceptors (Lipinski definition) is 6. The lowest BCUT2D eigenvalue weighted by molar-refractivity contribution is -0.126. The molecule has 17 heavy (non-hydrogen) atoms. The van der Waals surface area contributed by atoms with Crippen LogP contribution in [-0.4, -0.2) is 34.9 Å². The minimum Gasteiger partial charge on any atom is -0.364 e. The Labute approximate surface area is 104 Å². The number of nitrogens with one attached hydrogen (secondary N) is 1. The fraction of sp³-hybridized carbons (Fsp3) is 0.700. The molecule has 2 rings (SSSR count). The van der Waals surface area contributed by atoms with Gasteiger partial charge in [0, 0.05) is 6.54 Å². The molecule has 0 aliphatic carbocycles. The maximum atomic E-state index is 11.8. The molecule has 0 aromatic carbocycles. The summed E-state index contributed by atoms with van der Waals surface area (Å²) in [5.74, 6) is -0.153. The van der Waals surface area contributed by atoms with Gasteiger partial charge in [-0.25, -0.2) is 0 Å². The quantitative estimate of drug-likeness (QED) is 0.820. The van der Waals surface area contributed by atoms with Crippen LogP contribution in [0.3, 0.4) is 0 Å². The van der Waals surface area contributed by atoms with Crippen molar-refractivity contribution in [1.29, 1.82) is 0 Å². The molecule has 0 bridgehead atoms. The van der Waals surface area contributed by atoms with Crippen molar-refractivity contribution in [2.75, 3.05) is 11.9 Å². The first-order valence-corrected chi connectivity index (χ1v) is 6.53. The monoisotopic (exact) mass is 256 g/mol. The van der Waals surface area contributed by atoms with E-state index in [4.69, 9.17) is 10.5 Å². The van der Waals surface area contributed by atoms with Gasteiger partial charge in [0.05, 0.1) is 6.10 Å². The highest BCUT2D eigenvalue weighted by Crippen LogP contribution is 2.21. The van der Waals surface area contributed by atoms with Gasteiger partial charge in [0.15, 0.2) is 0 Å². The average Bonchev–Trinajstić information content (AvgIpc) is 2.96. The number of aryl methyl sites for hydroxylation is 1. The number of nitrogens with two attached hydrogens (primary N) is 1. The lowest BCUT2D eigenvalue weighted by Gasteiger charge is -2.10. The van der Waals surface area contributed by atoms with Crippen LogP contribution in [-0.2, 0) is 16.0 Å². The molecular formula is C10H16N4O2S. The van der Waals surface area contributed by atoms with Gasteiger partial charge in [-0.3, -0.25) is 10.1 Å². The predicted octanol–water partition coefficient (Wildman–Crippen LogP) is 0.545. The first kappa shape index (κ1) is 12.4. The van der Waals surface area contributed by atoms with Crippen molar-refractivity contribution in [2.24, 2.45) is 5.73 Å². The zero-order valence-electron chi connectivity index (χ0n) is 9.68. The third-order valence-electron chi connectivity index (χ3n) is 2.66. The lowest BCUT2D eigenvalue weighted by atomic mass is 10.2. The lowest BCUT2D eigenvalue weighted by Crippen LogP contribution is -2.29. The molecule has 3 N–H and O–H groups in total. The maximum absolute atomic E-state index is 11.8. The molecule has 2 heterocycles. The summed E-state index contributed by atoms with van der Waals surface area (Å²) in [7, 11) is 0. The molecule has 94 valence electrons. The van der Waals surface area contributed by atoms with Crippen LogP contribution in [0.5, 0.6) is 0 Å². The van der Waals surface area contributed by atoms with Gasteiger partial charge in [0.25, 0.3) is 5.91 Å². The zero-order valence-corrected chi connectivity index (χ0v) is 10.5. The first-order chi connectivity index (χ1) is 8.22. The minimum atomic E-state index is -0.405. The van der Waals surface area contributed by atoms with Gasteiger partial charge in [-0.1, -0.05) is 18.3 Å². The molecule has 1 fully saturated rings. The Morgan fingerprint density at radius 1 is 1.59 bits per heavy atom. The van der Waals surface area contributed by atoms with Gasteiger partial charge >= 0.3 is 0 Å². The van der Waals surface area contributed by atoms with Crippen molar-refractivity contribution in [2.45, 2.75) is 38.4 Å². The molecule has 7 heteroatoms. The van der Waals surface area contributed by atoms with Crippen molar-refractivity contribution in [1.82, 2.24) is 10.2 Å². The summed E-state index contributed by atoms with van der Waals surface area (Å²) in [6, 6.07) is 0. The number of carbonyl (C=O) groups excluding carboxylic acids is 1. The first-order valence-electron chi connectivity index (χ1n) is 5.71. The van der Waals surface area contributed by atoms with Crippen molar-refractivity contribution in [3.63, 3.8) is 0 Å². The van der Waals surface area contributed by atoms with Gasteiger partial charge in [0.1, 0.15) is 11.1 Å². The molecule has 1 aromatic rings. The fourth-order valence-corrected chi connectivity index (χ4v) is 2.39. The Morgan fingerprint density at radius 3 is 3.00 bits per heavy atom. The molecule has 2 atom stereocenters. The summed E-state index contributed by atoms with van der Waals surface area (Å²) in [4.78, 5) is 11.8. The van der Waals surface area contributed by atoms with E-state index in [1.54, 1.807) is 0 Å². The highest BCUT2D eigenvalue weighted by Gasteiger charge is 2.30. The Hall–Kier alpha value is -1.05. The summed E-state index contributed by atoms with van der Waals surface area (Å²) < 4.78 is 5.50. The summed E-state index contributed by atoms with van der Waals surface area (Å²) in [6.07, 6.45) is 1.98. The Bertz CT molecular complexity index is 395. The Kier molecular flexibility index (Phi) is 4.03. The molecule has 1 saturated heterocycles. The zero-order chi connectivity index (χ0) is 12.3. The highest BCUT2D eigenvalue weighted by molar-refractivity contribution is 7.15. The largest absolute Gasteiger partial charge is 0.364 e. The number of rotatable bonds is 4. The summed E-state index contributed by atoms with van der Waals surface area (Å²) >= 11 is 1.39. The Balaban J connectivity index is 1.89. The number of amides is 1. The molecule has 1 amide bonds. The second-order valence-corrected chi connectivity index (χ2v) is 4.97. The van der Waals surface area contributed by atoms with Crippen LogP contribution in [0.25, 0.3) is 0 Å². The number of carbonyl (C=O) groups is 1. The highest BCUT2D eigenvalue weighted by atomic mass is 32.1. The van der Waals surface area contributed by atoms with E-state index in [0.717, 1.165) is 17.8 Å². The number of ether oxygens (including phenoxy) is 1. The van der Waals surface area contributed by atoms with Crippen LogP contribution in [0.1, 0.15) is 24.8 Å². The normalized spacial score (nSPS) is 23.9. The van der Waals surface area contributed by atoms with Crippen molar-refractivity contribution in [3.05, 3.63) is 5.01 Å². The van der Waals surface area contributed by atoms with Crippen LogP contribution in [0.4, 0.5) is 5.13 Å². The van der Waals surface area contributed by atoms with Crippen molar-refractivity contribution >= 4 is 22.4 Å². The third-order valence-corrected chi connectivity index (χ3v) is 3.65. The summed E-state index contributed by atoms with van der Waals surface area (Å²) in [5.41, 5.74) is 5.49. The van der Waals surface area contributed by atoms with Gasteiger partial charge < -0.3 is 10.5 Å². The van der Waals surface area contributed by atoms with E-state index < -0.39 is 6.10 Å². The van der Waals surface area contributed by atoms with Gasteiger partial charge in [-0.2, -0.15) is 0 Å². The average molecular weight is 256 g/mol. The third kappa shape index (κ3) is 2.99. The van der Waals surface area contributed by atoms with E-state index in [1.807, 2.05) is 6.92 Å². The number of anilines is 1. The van der Waals surface area contributed by atoms with E-state index in [1.165, 1.54) is 11.3 Å². The molecule has 0 radical (unpaired) electrons. The van der Waals surface area contributed by atoms with Crippen molar-refractivity contribution in [3.8, 4) is 0 Å². The standard InChI is InChI=1S/C10H16N4O2S/c1-2-8-13-14-10(17-8)12-9(15)7-4-3-6(5-11)16-7/h6-7H,2-5,11H2,1H3,(H,12,14,15). The maximum Gasteiger partial charge on any atom is 0.255 e. The molecular weight excluding hydrogens is 240 g/mol. The molecule has 1 aromatic heterocycles. The molecule has 1 aliphatic heterocycles. The minimum absolute atomic E-state index is 0.00590. The number of aromatic nitrogens is 2. The van der Waals surface area contributed by atoms with E-state index in [-0.39, 0.29) is 12.0 Å². The van der Waals surface area contributed by atoms with Crippen LogP contribution in [0, 0.1) is 0 Å². The van der Waals surface area contributed by atoms with E-state index in [0.29, 0.717) is 18.1 Å². The fourth-order valence-electron chi connectivity index (χ4n) is 1.70. The van der Waals surface area contributed by atoms with Crippen LogP contribution in [0.2, 0.25) is 0 Å². The van der Waals surface area contributed by atoms with Crippen LogP contribution in [0.15, 0.2) is 0 Å². The van der Waals surface area contributed by atoms with E-state index in [9.17, 15) is 4.79 Å². The van der Waals surface area contributed by atoms with Crippen LogP contribution >= 0.6 is 11.3 Å². The number of nitrogens with zero attached hydrogens (tertiary/aromatic N) is 2. The SMILES string of the molecule is CCc1nnc(NC(=O)C2CCC(CN)O2)s1. The number of hydrogen-bond donors (Lipinski definition) is 2. The van der Waals surface area contributed by atoms with Gasteiger partial charge in [-0.05, 0) is 19.3 Å². The van der Waals surface area contributed by atoms with Gasteiger partial charge in [0.2, 0.25) is 5.13 Å². The summed E-state index contributed by atoms with van der Waals surface area (Å²) in [6.45, 7) is 2.46. The second kappa shape index (κ2) is 5.52. The molecule has 0 spiro atoms. The molecule has 0 saturated carbocycles. The molecule has 6 nitrogen and oxygen atoms in total.